The molecule has 0 spiro atoms. The van der Waals surface area contributed by atoms with E-state index in [0.717, 1.165) is 5.70 Å². The fourth-order valence-corrected chi connectivity index (χ4v) is 0. The summed E-state index contributed by atoms with van der Waals surface area (Å²) >= 11 is 0. The van der Waals surface area contributed by atoms with E-state index in [2.05, 4.69) is 11.9 Å². The Kier molecular flexibility index (Phi) is 12.7. The van der Waals surface area contributed by atoms with Crippen molar-refractivity contribution in [3.63, 3.8) is 0 Å². The molecule has 0 heterocycles. The van der Waals surface area contributed by atoms with Crippen LogP contribution in [0.2, 0.25) is 0 Å². The largest absolute Gasteiger partial charge is 0.392 e. The van der Waals surface area contributed by atoms with Crippen molar-refractivity contribution in [3.8, 4) is 0 Å². The Morgan fingerprint density at radius 1 is 1.43 bits per heavy atom. The SMILES string of the molecule is C=C(C)NC.CC. The number of hydrogen-bond donors (Lipinski definition) is 1. The Labute approximate surface area is 46.4 Å². The molecule has 0 atom stereocenters. The van der Waals surface area contributed by atoms with Crippen LogP contribution in [0.5, 0.6) is 0 Å². The minimum Gasteiger partial charge on any atom is -0.392 e. The van der Waals surface area contributed by atoms with Crippen molar-refractivity contribution in [1.82, 2.24) is 5.32 Å². The van der Waals surface area contributed by atoms with E-state index >= 15 is 0 Å². The van der Waals surface area contributed by atoms with Crippen LogP contribution in [0.3, 0.4) is 0 Å². The molecule has 44 valence electrons. The van der Waals surface area contributed by atoms with E-state index in [1.807, 2.05) is 27.8 Å². The van der Waals surface area contributed by atoms with Crippen molar-refractivity contribution in [1.29, 1.82) is 0 Å². The summed E-state index contributed by atoms with van der Waals surface area (Å²) in [5.41, 5.74) is 1.00. The van der Waals surface area contributed by atoms with Crippen LogP contribution in [-0.2, 0) is 0 Å². The van der Waals surface area contributed by atoms with Crippen LogP contribution in [0.4, 0.5) is 0 Å². The number of allylic oxidation sites excluding steroid dienone is 1. The highest BCUT2D eigenvalue weighted by molar-refractivity contribution is 4.80. The lowest BCUT2D eigenvalue weighted by Crippen LogP contribution is -1.98. The van der Waals surface area contributed by atoms with Gasteiger partial charge in [0.15, 0.2) is 0 Å². The van der Waals surface area contributed by atoms with Crippen LogP contribution in [0.25, 0.3) is 0 Å². The molecule has 0 fully saturated rings. The van der Waals surface area contributed by atoms with Crippen molar-refractivity contribution >= 4 is 0 Å². The van der Waals surface area contributed by atoms with Gasteiger partial charge in [-0.1, -0.05) is 20.4 Å². The van der Waals surface area contributed by atoms with Crippen LogP contribution in [0.1, 0.15) is 20.8 Å². The van der Waals surface area contributed by atoms with Gasteiger partial charge in [0, 0.05) is 7.05 Å². The van der Waals surface area contributed by atoms with Crippen LogP contribution in [-0.4, -0.2) is 7.05 Å². The van der Waals surface area contributed by atoms with E-state index < -0.39 is 0 Å². The molecule has 0 saturated carbocycles. The Balaban J connectivity index is 0. The molecule has 0 bridgehead atoms. The lowest BCUT2D eigenvalue weighted by molar-refractivity contribution is 0.999. The highest BCUT2D eigenvalue weighted by Crippen LogP contribution is 1.68. The predicted molar refractivity (Wildman–Crippen MR) is 35.2 cm³/mol. The van der Waals surface area contributed by atoms with E-state index in [-0.39, 0.29) is 0 Å². The number of rotatable bonds is 1. The standard InChI is InChI=1S/C4H9N.C2H6/c1-4(2)5-3;1-2/h5H,1H2,2-3H3;1-2H3. The van der Waals surface area contributed by atoms with Gasteiger partial charge in [-0.3, -0.25) is 0 Å². The van der Waals surface area contributed by atoms with Crippen LogP contribution in [0, 0.1) is 0 Å². The molecule has 0 unspecified atom stereocenters. The van der Waals surface area contributed by atoms with Gasteiger partial charge in [0.25, 0.3) is 0 Å². The maximum absolute atomic E-state index is 3.56. The minimum absolute atomic E-state index is 1.00. The van der Waals surface area contributed by atoms with Crippen LogP contribution in [0.15, 0.2) is 12.3 Å². The zero-order valence-corrected chi connectivity index (χ0v) is 5.71. The average Bonchev–Trinajstić information content (AvgIpc) is 1.73. The monoisotopic (exact) mass is 101 g/mol. The molecule has 0 radical (unpaired) electrons. The van der Waals surface area contributed by atoms with Crippen molar-refractivity contribution < 1.29 is 0 Å². The molecule has 1 heteroatoms. The third-order valence-electron chi connectivity index (χ3n) is 0.427. The average molecular weight is 101 g/mol. The molecule has 1 nitrogen and oxygen atoms in total. The summed E-state index contributed by atoms with van der Waals surface area (Å²) in [6.07, 6.45) is 0. The van der Waals surface area contributed by atoms with Gasteiger partial charge in [0.2, 0.25) is 0 Å². The van der Waals surface area contributed by atoms with E-state index in [9.17, 15) is 0 Å². The van der Waals surface area contributed by atoms with E-state index in [1.54, 1.807) is 0 Å². The quantitative estimate of drug-likeness (QED) is 0.530. The molecular formula is C6H15N. The number of nitrogens with one attached hydrogen (secondary N) is 1. The van der Waals surface area contributed by atoms with Crippen molar-refractivity contribution in [3.05, 3.63) is 12.3 Å². The number of hydrogen-bond acceptors (Lipinski definition) is 1. The van der Waals surface area contributed by atoms with Gasteiger partial charge in [-0.15, -0.1) is 0 Å². The van der Waals surface area contributed by atoms with Gasteiger partial charge in [0.05, 0.1) is 0 Å². The molecule has 0 aliphatic rings. The highest BCUT2D eigenvalue weighted by atomic mass is 14.8. The molecule has 0 aromatic carbocycles. The second-order valence-corrected chi connectivity index (χ2v) is 1.03. The van der Waals surface area contributed by atoms with Gasteiger partial charge in [-0.05, 0) is 12.6 Å². The Morgan fingerprint density at radius 3 is 1.57 bits per heavy atom. The maximum atomic E-state index is 3.56. The molecule has 0 aliphatic carbocycles. The van der Waals surface area contributed by atoms with E-state index in [1.165, 1.54) is 0 Å². The van der Waals surface area contributed by atoms with Crippen LogP contribution < -0.4 is 5.32 Å². The first-order chi connectivity index (χ1) is 3.27. The molecule has 7 heavy (non-hydrogen) atoms. The molecule has 0 aromatic rings. The first kappa shape index (κ1) is 9.74. The van der Waals surface area contributed by atoms with Crippen molar-refractivity contribution in [2.45, 2.75) is 20.8 Å². The zero-order valence-electron chi connectivity index (χ0n) is 5.71. The smallest absolute Gasteiger partial charge is 0.00299 e. The second kappa shape index (κ2) is 9.11. The summed E-state index contributed by atoms with van der Waals surface area (Å²) < 4.78 is 0. The van der Waals surface area contributed by atoms with Gasteiger partial charge < -0.3 is 5.32 Å². The van der Waals surface area contributed by atoms with Crippen molar-refractivity contribution in [2.75, 3.05) is 7.05 Å². The fraction of sp³-hybridized carbons (Fsp3) is 0.667. The summed E-state index contributed by atoms with van der Waals surface area (Å²) in [5.74, 6) is 0. The normalized spacial score (nSPS) is 5.71. The summed E-state index contributed by atoms with van der Waals surface area (Å²) in [7, 11) is 1.85. The first-order valence-electron chi connectivity index (χ1n) is 2.60. The minimum atomic E-state index is 1.00. The molecule has 0 amide bonds. The molecular weight excluding hydrogens is 86.1 g/mol. The lowest BCUT2D eigenvalue weighted by Gasteiger charge is -1.87. The van der Waals surface area contributed by atoms with Crippen LogP contribution >= 0.6 is 0 Å². The Bertz CT molecular complexity index is 39.4. The van der Waals surface area contributed by atoms with Crippen molar-refractivity contribution in [2.24, 2.45) is 0 Å². The van der Waals surface area contributed by atoms with Gasteiger partial charge in [-0.2, -0.15) is 0 Å². The molecule has 0 aliphatic heterocycles. The van der Waals surface area contributed by atoms with Gasteiger partial charge in [0.1, 0.15) is 0 Å². The summed E-state index contributed by atoms with van der Waals surface area (Å²) in [6.45, 7) is 9.48. The first-order valence-corrected chi connectivity index (χ1v) is 2.60. The summed E-state index contributed by atoms with van der Waals surface area (Å²) in [5, 5.41) is 2.83. The highest BCUT2D eigenvalue weighted by Gasteiger charge is 1.62. The van der Waals surface area contributed by atoms with Gasteiger partial charge >= 0.3 is 0 Å². The topological polar surface area (TPSA) is 12.0 Å². The van der Waals surface area contributed by atoms with E-state index in [0.29, 0.717) is 0 Å². The van der Waals surface area contributed by atoms with E-state index in [4.69, 9.17) is 0 Å². The maximum Gasteiger partial charge on any atom is 0.00299 e. The second-order valence-electron chi connectivity index (χ2n) is 1.03. The zero-order chi connectivity index (χ0) is 6.28. The molecule has 1 N–H and O–H groups in total. The Morgan fingerprint density at radius 2 is 1.57 bits per heavy atom. The lowest BCUT2D eigenvalue weighted by atomic mass is 10.6. The third kappa shape index (κ3) is 29.3. The third-order valence-corrected chi connectivity index (χ3v) is 0.427. The molecule has 0 rings (SSSR count). The fourth-order valence-electron chi connectivity index (χ4n) is 0. The summed E-state index contributed by atoms with van der Waals surface area (Å²) in [4.78, 5) is 0. The summed E-state index contributed by atoms with van der Waals surface area (Å²) in [6, 6.07) is 0. The van der Waals surface area contributed by atoms with Gasteiger partial charge in [-0.25, -0.2) is 0 Å². The molecule has 0 saturated heterocycles. The predicted octanol–water partition coefficient (Wildman–Crippen LogP) is 1.77. The molecule has 0 aromatic heterocycles. The Hall–Kier alpha value is -0.460.